The number of fused-ring (bicyclic) bond motifs is 1. The van der Waals surface area contributed by atoms with Gasteiger partial charge in [-0.25, -0.2) is 4.39 Å². The Morgan fingerprint density at radius 2 is 2.32 bits per heavy atom. The Morgan fingerprint density at radius 3 is 3.16 bits per heavy atom. The lowest BCUT2D eigenvalue weighted by molar-refractivity contribution is -0.124. The first kappa shape index (κ1) is 13.1. The van der Waals surface area contributed by atoms with Crippen molar-refractivity contribution in [1.82, 2.24) is 10.2 Å². The molecule has 2 heterocycles. The molecule has 2 saturated heterocycles. The highest BCUT2D eigenvalue weighted by Gasteiger charge is 2.40. The van der Waals surface area contributed by atoms with Crippen LogP contribution in [-0.2, 0) is 11.3 Å². The molecule has 0 bridgehead atoms. The molecular formula is C14H16BrFN2O. The third-order valence-corrected chi connectivity index (χ3v) is 5.01. The Hall–Kier alpha value is -0.940. The molecule has 2 aliphatic heterocycles. The van der Waals surface area contributed by atoms with Crippen molar-refractivity contribution in [3.63, 3.8) is 0 Å². The van der Waals surface area contributed by atoms with E-state index in [2.05, 4.69) is 26.1 Å². The van der Waals surface area contributed by atoms with E-state index in [0.717, 1.165) is 31.5 Å². The molecule has 3 rings (SSSR count). The zero-order chi connectivity index (χ0) is 13.4. The molecule has 19 heavy (non-hydrogen) atoms. The van der Waals surface area contributed by atoms with Gasteiger partial charge < -0.3 is 5.32 Å². The molecule has 1 aromatic carbocycles. The maximum absolute atomic E-state index is 13.5. The zero-order valence-electron chi connectivity index (χ0n) is 10.5. The van der Waals surface area contributed by atoms with Gasteiger partial charge >= 0.3 is 0 Å². The molecule has 1 amide bonds. The van der Waals surface area contributed by atoms with Crippen molar-refractivity contribution in [1.29, 1.82) is 0 Å². The normalized spacial score (nSPS) is 27.2. The molecule has 1 N–H and O–H groups in total. The van der Waals surface area contributed by atoms with Crippen LogP contribution in [0.25, 0.3) is 0 Å². The van der Waals surface area contributed by atoms with E-state index >= 15 is 0 Å². The van der Waals surface area contributed by atoms with Crippen molar-refractivity contribution < 1.29 is 9.18 Å². The largest absolute Gasteiger partial charge is 0.354 e. The van der Waals surface area contributed by atoms with E-state index < -0.39 is 0 Å². The monoisotopic (exact) mass is 326 g/mol. The molecule has 2 unspecified atom stereocenters. The summed E-state index contributed by atoms with van der Waals surface area (Å²) in [5.74, 6) is 0.0563. The van der Waals surface area contributed by atoms with Crippen molar-refractivity contribution in [2.45, 2.75) is 25.4 Å². The molecule has 1 aromatic rings. The second-order valence-corrected chi connectivity index (χ2v) is 6.04. The first-order valence-electron chi connectivity index (χ1n) is 6.61. The van der Waals surface area contributed by atoms with Crippen molar-refractivity contribution in [3.05, 3.63) is 34.1 Å². The Morgan fingerprint density at radius 1 is 1.47 bits per heavy atom. The number of carbonyl (C=O) groups excluding carboxylic acids is 1. The predicted octanol–water partition coefficient (Wildman–Crippen LogP) is 2.30. The van der Waals surface area contributed by atoms with Crippen LogP contribution in [-0.4, -0.2) is 29.9 Å². The Labute approximate surface area is 120 Å². The van der Waals surface area contributed by atoms with E-state index in [1.54, 1.807) is 6.07 Å². The van der Waals surface area contributed by atoms with Crippen LogP contribution in [0, 0.1) is 11.7 Å². The summed E-state index contributed by atoms with van der Waals surface area (Å²) in [6.45, 7) is 2.38. The van der Waals surface area contributed by atoms with Gasteiger partial charge in [0, 0.05) is 19.1 Å². The van der Waals surface area contributed by atoms with Gasteiger partial charge in [0.05, 0.1) is 10.4 Å². The van der Waals surface area contributed by atoms with Crippen LogP contribution in [0.5, 0.6) is 0 Å². The number of rotatable bonds is 2. The molecule has 102 valence electrons. The molecule has 0 aromatic heterocycles. The summed E-state index contributed by atoms with van der Waals surface area (Å²) in [5.41, 5.74) is 0.944. The van der Waals surface area contributed by atoms with Crippen LogP contribution in [0.3, 0.4) is 0 Å². The minimum Gasteiger partial charge on any atom is -0.354 e. The third-order valence-electron chi connectivity index (χ3n) is 4.12. The fraction of sp³-hybridized carbons (Fsp3) is 0.500. The smallest absolute Gasteiger partial charge is 0.224 e. The average molecular weight is 327 g/mol. The Bertz CT molecular complexity index is 508. The van der Waals surface area contributed by atoms with Gasteiger partial charge in [-0.3, -0.25) is 9.69 Å². The van der Waals surface area contributed by atoms with Crippen LogP contribution < -0.4 is 5.32 Å². The summed E-state index contributed by atoms with van der Waals surface area (Å²) >= 11 is 3.31. The van der Waals surface area contributed by atoms with Gasteiger partial charge in [-0.05, 0) is 46.9 Å². The van der Waals surface area contributed by atoms with Gasteiger partial charge in [-0.2, -0.15) is 0 Å². The third kappa shape index (κ3) is 2.41. The van der Waals surface area contributed by atoms with Crippen LogP contribution in [0.1, 0.15) is 18.4 Å². The lowest BCUT2D eigenvalue weighted by Crippen LogP contribution is -2.44. The number of hydrogen-bond donors (Lipinski definition) is 1. The quantitative estimate of drug-likeness (QED) is 0.904. The summed E-state index contributed by atoms with van der Waals surface area (Å²) in [5, 5.41) is 2.94. The minimum atomic E-state index is -0.230. The maximum Gasteiger partial charge on any atom is 0.224 e. The van der Waals surface area contributed by atoms with Crippen LogP contribution >= 0.6 is 15.9 Å². The maximum atomic E-state index is 13.5. The van der Waals surface area contributed by atoms with Gasteiger partial charge in [-0.1, -0.05) is 12.1 Å². The molecular weight excluding hydrogens is 311 g/mol. The highest BCUT2D eigenvalue weighted by molar-refractivity contribution is 9.10. The molecule has 2 fully saturated rings. The molecule has 0 radical (unpaired) electrons. The number of amides is 1. The minimum absolute atomic E-state index is 0.112. The van der Waals surface area contributed by atoms with E-state index in [1.807, 2.05) is 6.07 Å². The highest BCUT2D eigenvalue weighted by atomic mass is 79.9. The van der Waals surface area contributed by atoms with Gasteiger partial charge in [0.15, 0.2) is 0 Å². The van der Waals surface area contributed by atoms with Gasteiger partial charge in [0.2, 0.25) is 5.91 Å². The lowest BCUT2D eigenvalue weighted by Gasteiger charge is -2.36. The number of halogens is 2. The number of nitrogens with one attached hydrogen (secondary N) is 1. The summed E-state index contributed by atoms with van der Waals surface area (Å²) in [6.07, 6.45) is 2.00. The van der Waals surface area contributed by atoms with Gasteiger partial charge in [-0.15, -0.1) is 0 Å². The van der Waals surface area contributed by atoms with Crippen molar-refractivity contribution in [3.8, 4) is 0 Å². The number of nitrogens with zero attached hydrogens (tertiary/aromatic N) is 1. The second-order valence-electron chi connectivity index (χ2n) is 5.24. The van der Waals surface area contributed by atoms with Gasteiger partial charge in [0.1, 0.15) is 5.82 Å². The SMILES string of the molecule is O=C1NCC2C1CCCN2Cc1cccc(F)c1Br. The first-order chi connectivity index (χ1) is 9.16. The van der Waals surface area contributed by atoms with Gasteiger partial charge in [0.25, 0.3) is 0 Å². The number of hydrogen-bond acceptors (Lipinski definition) is 2. The van der Waals surface area contributed by atoms with Crippen LogP contribution in [0.2, 0.25) is 0 Å². The highest BCUT2D eigenvalue weighted by Crippen LogP contribution is 2.30. The predicted molar refractivity (Wildman–Crippen MR) is 74.0 cm³/mol. The summed E-state index contributed by atoms with van der Waals surface area (Å²) in [6, 6.07) is 5.37. The molecule has 3 nitrogen and oxygen atoms in total. The van der Waals surface area contributed by atoms with Crippen molar-refractivity contribution >= 4 is 21.8 Å². The summed E-state index contributed by atoms with van der Waals surface area (Å²) in [4.78, 5) is 14.0. The number of likely N-dealkylation sites (tertiary alicyclic amines) is 1. The second kappa shape index (κ2) is 5.21. The number of benzene rings is 1. The van der Waals surface area contributed by atoms with Crippen molar-refractivity contribution in [2.24, 2.45) is 5.92 Å². The molecule has 0 aliphatic carbocycles. The Balaban J connectivity index is 1.79. The fourth-order valence-corrected chi connectivity index (χ4v) is 3.52. The molecule has 2 atom stereocenters. The average Bonchev–Trinajstić information content (AvgIpc) is 2.78. The summed E-state index contributed by atoms with van der Waals surface area (Å²) < 4.78 is 14.1. The standard InChI is InChI=1S/C14H16BrFN2O/c15-13-9(3-1-5-11(13)16)8-18-6-2-4-10-12(18)7-17-14(10)19/h1,3,5,10,12H,2,4,6-8H2,(H,17,19). The van der Waals surface area contributed by atoms with E-state index in [0.29, 0.717) is 11.0 Å². The van der Waals surface area contributed by atoms with E-state index in [4.69, 9.17) is 0 Å². The fourth-order valence-electron chi connectivity index (χ4n) is 3.13. The Kier molecular flexibility index (Phi) is 3.58. The zero-order valence-corrected chi connectivity index (χ0v) is 12.1. The van der Waals surface area contributed by atoms with E-state index in [1.165, 1.54) is 6.07 Å². The van der Waals surface area contributed by atoms with Crippen LogP contribution in [0.4, 0.5) is 4.39 Å². The number of carbonyl (C=O) groups is 1. The molecule has 2 aliphatic rings. The van der Waals surface area contributed by atoms with E-state index in [-0.39, 0.29) is 23.7 Å². The molecule has 0 saturated carbocycles. The van der Waals surface area contributed by atoms with E-state index in [9.17, 15) is 9.18 Å². The molecule has 5 heteroatoms. The lowest BCUT2D eigenvalue weighted by atomic mass is 9.91. The molecule has 0 spiro atoms. The topological polar surface area (TPSA) is 32.3 Å². The summed E-state index contributed by atoms with van der Waals surface area (Å²) in [7, 11) is 0. The van der Waals surface area contributed by atoms with Crippen LogP contribution in [0.15, 0.2) is 22.7 Å². The number of piperidine rings is 1. The van der Waals surface area contributed by atoms with Crippen molar-refractivity contribution in [2.75, 3.05) is 13.1 Å². The first-order valence-corrected chi connectivity index (χ1v) is 7.41.